The number of halogens is 2. The molecular formula is C13H15F2NO. The van der Waals surface area contributed by atoms with Gasteiger partial charge in [-0.2, -0.15) is 0 Å². The SMILES string of the molecule is NCC1(c2cc(F)c(F)cc2C=O)CCCC1. The number of benzene rings is 1. The van der Waals surface area contributed by atoms with Gasteiger partial charge in [0.05, 0.1) is 0 Å². The normalized spacial score (nSPS) is 18.3. The molecule has 92 valence electrons. The van der Waals surface area contributed by atoms with Gasteiger partial charge < -0.3 is 5.73 Å². The number of hydrogen-bond donors (Lipinski definition) is 1. The van der Waals surface area contributed by atoms with E-state index in [4.69, 9.17) is 5.73 Å². The Labute approximate surface area is 98.8 Å². The van der Waals surface area contributed by atoms with Crippen LogP contribution in [0.25, 0.3) is 0 Å². The van der Waals surface area contributed by atoms with Gasteiger partial charge in [0, 0.05) is 17.5 Å². The van der Waals surface area contributed by atoms with Gasteiger partial charge >= 0.3 is 0 Å². The van der Waals surface area contributed by atoms with E-state index in [-0.39, 0.29) is 11.0 Å². The molecule has 2 nitrogen and oxygen atoms in total. The van der Waals surface area contributed by atoms with Crippen molar-refractivity contribution in [2.24, 2.45) is 5.73 Å². The number of nitrogens with two attached hydrogens (primary N) is 1. The van der Waals surface area contributed by atoms with E-state index in [2.05, 4.69) is 0 Å². The average Bonchev–Trinajstić information content (AvgIpc) is 2.82. The maximum Gasteiger partial charge on any atom is 0.159 e. The maximum absolute atomic E-state index is 13.3. The molecule has 2 rings (SSSR count). The van der Waals surface area contributed by atoms with Crippen molar-refractivity contribution in [3.8, 4) is 0 Å². The lowest BCUT2D eigenvalue weighted by Gasteiger charge is -2.29. The van der Waals surface area contributed by atoms with Crippen molar-refractivity contribution in [3.63, 3.8) is 0 Å². The summed E-state index contributed by atoms with van der Waals surface area (Å²) in [5.41, 5.74) is 6.20. The monoisotopic (exact) mass is 239 g/mol. The lowest BCUT2D eigenvalue weighted by molar-refractivity contribution is 0.112. The van der Waals surface area contributed by atoms with Crippen molar-refractivity contribution in [1.82, 2.24) is 0 Å². The zero-order chi connectivity index (χ0) is 12.5. The molecule has 1 aromatic carbocycles. The Kier molecular flexibility index (Phi) is 3.24. The topological polar surface area (TPSA) is 43.1 Å². The van der Waals surface area contributed by atoms with Crippen molar-refractivity contribution in [2.45, 2.75) is 31.1 Å². The molecule has 0 radical (unpaired) electrons. The second-order valence-corrected chi connectivity index (χ2v) is 4.66. The van der Waals surface area contributed by atoms with Gasteiger partial charge in [-0.25, -0.2) is 8.78 Å². The highest BCUT2D eigenvalue weighted by atomic mass is 19.2. The van der Waals surface area contributed by atoms with Gasteiger partial charge in [-0.05, 0) is 30.5 Å². The molecule has 0 bridgehead atoms. The zero-order valence-corrected chi connectivity index (χ0v) is 9.51. The summed E-state index contributed by atoms with van der Waals surface area (Å²) in [6.45, 7) is 0.360. The van der Waals surface area contributed by atoms with Crippen molar-refractivity contribution in [3.05, 3.63) is 34.9 Å². The largest absolute Gasteiger partial charge is 0.330 e. The Bertz CT molecular complexity index is 439. The van der Waals surface area contributed by atoms with Gasteiger partial charge in [0.15, 0.2) is 11.6 Å². The van der Waals surface area contributed by atoms with Crippen LogP contribution in [0.3, 0.4) is 0 Å². The summed E-state index contributed by atoms with van der Waals surface area (Å²) >= 11 is 0. The van der Waals surface area contributed by atoms with E-state index < -0.39 is 11.6 Å². The van der Waals surface area contributed by atoms with Gasteiger partial charge in [-0.15, -0.1) is 0 Å². The first-order valence-corrected chi connectivity index (χ1v) is 5.78. The van der Waals surface area contributed by atoms with E-state index in [1.165, 1.54) is 0 Å². The van der Waals surface area contributed by atoms with Crippen LogP contribution in [-0.4, -0.2) is 12.8 Å². The molecule has 1 aliphatic carbocycles. The van der Waals surface area contributed by atoms with Crippen LogP contribution in [0, 0.1) is 11.6 Å². The minimum absolute atomic E-state index is 0.219. The predicted octanol–water partition coefficient (Wildman–Crippen LogP) is 2.55. The van der Waals surface area contributed by atoms with Gasteiger partial charge in [0.2, 0.25) is 0 Å². The summed E-state index contributed by atoms with van der Waals surface area (Å²) in [5, 5.41) is 0. The smallest absolute Gasteiger partial charge is 0.159 e. The van der Waals surface area contributed by atoms with Crippen LogP contribution in [0.1, 0.15) is 41.6 Å². The summed E-state index contributed by atoms with van der Waals surface area (Å²) in [7, 11) is 0. The molecule has 4 heteroatoms. The quantitative estimate of drug-likeness (QED) is 0.824. The molecule has 0 amide bonds. The number of rotatable bonds is 3. The first-order chi connectivity index (χ1) is 8.13. The second-order valence-electron chi connectivity index (χ2n) is 4.66. The fraction of sp³-hybridized carbons (Fsp3) is 0.462. The first-order valence-electron chi connectivity index (χ1n) is 5.78. The lowest BCUT2D eigenvalue weighted by atomic mass is 9.77. The first kappa shape index (κ1) is 12.2. The van der Waals surface area contributed by atoms with E-state index in [9.17, 15) is 13.6 Å². The Morgan fingerprint density at radius 1 is 1.24 bits per heavy atom. The summed E-state index contributed by atoms with van der Waals surface area (Å²) in [6.07, 6.45) is 4.25. The highest BCUT2D eigenvalue weighted by molar-refractivity contribution is 5.78. The average molecular weight is 239 g/mol. The van der Waals surface area contributed by atoms with E-state index in [1.807, 2.05) is 0 Å². The molecule has 17 heavy (non-hydrogen) atoms. The summed E-state index contributed by atoms with van der Waals surface area (Å²) in [4.78, 5) is 11.0. The van der Waals surface area contributed by atoms with Crippen molar-refractivity contribution in [2.75, 3.05) is 6.54 Å². The maximum atomic E-state index is 13.3. The highest BCUT2D eigenvalue weighted by Crippen LogP contribution is 2.41. The van der Waals surface area contributed by atoms with Crippen LogP contribution in [0.15, 0.2) is 12.1 Å². The molecule has 0 heterocycles. The second kappa shape index (κ2) is 4.53. The number of hydrogen-bond acceptors (Lipinski definition) is 2. The highest BCUT2D eigenvalue weighted by Gasteiger charge is 2.36. The molecule has 1 aromatic rings. The van der Waals surface area contributed by atoms with Gasteiger partial charge in [0.1, 0.15) is 6.29 Å². The molecule has 0 aliphatic heterocycles. The summed E-state index contributed by atoms with van der Waals surface area (Å²) < 4.78 is 26.4. The van der Waals surface area contributed by atoms with Crippen LogP contribution in [0.4, 0.5) is 8.78 Å². The van der Waals surface area contributed by atoms with Crippen LogP contribution in [0.5, 0.6) is 0 Å². The molecule has 2 N–H and O–H groups in total. The molecule has 1 aliphatic rings. The van der Waals surface area contributed by atoms with Crippen molar-refractivity contribution >= 4 is 6.29 Å². The zero-order valence-electron chi connectivity index (χ0n) is 9.51. The molecule has 1 fully saturated rings. The standard InChI is InChI=1S/C13H15F2NO/c14-11-5-9(7-17)10(6-12(11)15)13(8-16)3-1-2-4-13/h5-7H,1-4,8,16H2. The third-order valence-electron chi connectivity index (χ3n) is 3.74. The summed E-state index contributed by atoms with van der Waals surface area (Å²) in [6, 6.07) is 2.10. The van der Waals surface area contributed by atoms with Gasteiger partial charge in [0.25, 0.3) is 0 Å². The molecule has 0 aromatic heterocycles. The third-order valence-corrected chi connectivity index (χ3v) is 3.74. The van der Waals surface area contributed by atoms with E-state index in [0.717, 1.165) is 37.8 Å². The Morgan fingerprint density at radius 3 is 2.35 bits per heavy atom. The number of carbonyl (C=O) groups excluding carboxylic acids is 1. The summed E-state index contributed by atoms with van der Waals surface area (Å²) in [5.74, 6) is -1.90. The molecule has 0 atom stereocenters. The molecule has 0 saturated heterocycles. The van der Waals surface area contributed by atoms with Gasteiger partial charge in [-0.3, -0.25) is 4.79 Å². The Balaban J connectivity index is 2.56. The van der Waals surface area contributed by atoms with Crippen LogP contribution in [-0.2, 0) is 5.41 Å². The predicted molar refractivity (Wildman–Crippen MR) is 60.9 cm³/mol. The van der Waals surface area contributed by atoms with Crippen LogP contribution < -0.4 is 5.73 Å². The number of carbonyl (C=O) groups is 1. The van der Waals surface area contributed by atoms with E-state index in [1.54, 1.807) is 0 Å². The molecule has 0 unspecified atom stereocenters. The minimum Gasteiger partial charge on any atom is -0.330 e. The van der Waals surface area contributed by atoms with Crippen molar-refractivity contribution < 1.29 is 13.6 Å². The van der Waals surface area contributed by atoms with E-state index >= 15 is 0 Å². The molecule has 1 saturated carbocycles. The number of aldehydes is 1. The van der Waals surface area contributed by atoms with Crippen LogP contribution >= 0.6 is 0 Å². The minimum atomic E-state index is -0.985. The fourth-order valence-electron chi connectivity index (χ4n) is 2.75. The Morgan fingerprint density at radius 2 is 1.82 bits per heavy atom. The van der Waals surface area contributed by atoms with Crippen LogP contribution in [0.2, 0.25) is 0 Å². The Hall–Kier alpha value is -1.29. The molecular weight excluding hydrogens is 224 g/mol. The molecule has 0 spiro atoms. The fourth-order valence-corrected chi connectivity index (χ4v) is 2.75. The third kappa shape index (κ3) is 1.97. The van der Waals surface area contributed by atoms with Crippen molar-refractivity contribution in [1.29, 1.82) is 0 Å². The lowest BCUT2D eigenvalue weighted by Crippen LogP contribution is -2.33. The van der Waals surface area contributed by atoms with E-state index in [0.29, 0.717) is 18.4 Å². The van der Waals surface area contributed by atoms with Gasteiger partial charge in [-0.1, -0.05) is 12.8 Å².